The molecule has 1 heterocycles. The van der Waals surface area contributed by atoms with E-state index < -0.39 is 6.10 Å². The predicted octanol–water partition coefficient (Wildman–Crippen LogP) is 2.12. The van der Waals surface area contributed by atoms with Crippen molar-refractivity contribution in [3.05, 3.63) is 47.1 Å². The number of para-hydroxylation sites is 1. The van der Waals surface area contributed by atoms with Crippen LogP contribution in [0.4, 0.5) is 0 Å². The number of methoxy groups -OCH3 is 1. The first kappa shape index (κ1) is 21.4. The number of aliphatic hydroxyl groups is 1. The number of aliphatic hydroxyl groups excluding tert-OH is 1. The Morgan fingerprint density at radius 3 is 2.67 bits per heavy atom. The summed E-state index contributed by atoms with van der Waals surface area (Å²) in [5.74, 6) is 1.18. The van der Waals surface area contributed by atoms with Crippen molar-refractivity contribution in [2.24, 2.45) is 0 Å². The minimum absolute atomic E-state index is 0.0196. The van der Waals surface area contributed by atoms with Crippen LogP contribution in [0.25, 0.3) is 0 Å². The molecule has 0 saturated carbocycles. The summed E-state index contributed by atoms with van der Waals surface area (Å²) < 4.78 is 16.4. The summed E-state index contributed by atoms with van der Waals surface area (Å²) in [6.45, 7) is 3.56. The smallest absolute Gasteiger partial charge is 0.233 e. The van der Waals surface area contributed by atoms with Crippen LogP contribution >= 0.6 is 11.6 Å². The quantitative estimate of drug-likeness (QED) is 0.569. The molecule has 2 unspecified atom stereocenters. The molecule has 1 aromatic heterocycles. The number of hydrogen-bond donors (Lipinski definition) is 2. The number of benzene rings is 1. The minimum atomic E-state index is -0.641. The molecule has 0 aliphatic carbocycles. The Kier molecular flexibility index (Phi) is 9.27. The van der Waals surface area contributed by atoms with Gasteiger partial charge in [-0.2, -0.15) is 0 Å². The number of rotatable bonds is 12. The minimum Gasteiger partial charge on any atom is -0.491 e. The summed E-state index contributed by atoms with van der Waals surface area (Å²) in [6.07, 6.45) is 0.126. The Balaban J connectivity index is 1.68. The number of halogens is 1. The standard InChI is InChI=1S/C19H26ClN3O4/c1-14(12-27-19-8-7-18(20)22-23-19)21-11-16(24)13-26-17-6-4-3-5-15(17)9-10-25-2/h3-8,14,16,21,24H,9-13H2,1-2H3. The van der Waals surface area contributed by atoms with Crippen LogP contribution in [0.1, 0.15) is 12.5 Å². The Hall–Kier alpha value is -1.93. The van der Waals surface area contributed by atoms with E-state index in [1.807, 2.05) is 31.2 Å². The van der Waals surface area contributed by atoms with Crippen LogP contribution in [0, 0.1) is 0 Å². The van der Waals surface area contributed by atoms with Crippen molar-refractivity contribution in [1.82, 2.24) is 15.5 Å². The molecule has 2 aromatic rings. The highest BCUT2D eigenvalue weighted by atomic mass is 35.5. The van der Waals surface area contributed by atoms with Gasteiger partial charge in [0.05, 0.1) is 6.61 Å². The van der Waals surface area contributed by atoms with Crippen LogP contribution in [0.5, 0.6) is 11.6 Å². The van der Waals surface area contributed by atoms with Crippen LogP contribution in [-0.2, 0) is 11.2 Å². The van der Waals surface area contributed by atoms with E-state index in [1.165, 1.54) is 0 Å². The third-order valence-corrected chi connectivity index (χ3v) is 3.97. The molecular weight excluding hydrogens is 370 g/mol. The predicted molar refractivity (Wildman–Crippen MR) is 104 cm³/mol. The lowest BCUT2D eigenvalue weighted by atomic mass is 10.1. The summed E-state index contributed by atoms with van der Waals surface area (Å²) in [5, 5.41) is 21.2. The van der Waals surface area contributed by atoms with Gasteiger partial charge < -0.3 is 24.6 Å². The normalized spacial score (nSPS) is 13.2. The molecule has 27 heavy (non-hydrogen) atoms. The van der Waals surface area contributed by atoms with E-state index in [0.29, 0.717) is 30.8 Å². The number of nitrogens with one attached hydrogen (secondary N) is 1. The van der Waals surface area contributed by atoms with Gasteiger partial charge in [-0.15, -0.1) is 10.2 Å². The van der Waals surface area contributed by atoms with Gasteiger partial charge in [0.15, 0.2) is 5.15 Å². The van der Waals surface area contributed by atoms with Crippen LogP contribution in [0.3, 0.4) is 0 Å². The summed E-state index contributed by atoms with van der Waals surface area (Å²) in [6, 6.07) is 11.1. The molecule has 0 radical (unpaired) electrons. The number of nitrogens with zero attached hydrogens (tertiary/aromatic N) is 2. The van der Waals surface area contributed by atoms with Crippen molar-refractivity contribution in [2.75, 3.05) is 33.5 Å². The van der Waals surface area contributed by atoms with Gasteiger partial charge in [0.25, 0.3) is 0 Å². The second-order valence-electron chi connectivity index (χ2n) is 6.13. The Bertz CT molecular complexity index is 672. The number of aromatic nitrogens is 2. The number of ether oxygens (including phenoxy) is 3. The van der Waals surface area contributed by atoms with Crippen molar-refractivity contribution in [3.8, 4) is 11.6 Å². The van der Waals surface area contributed by atoms with Crippen molar-refractivity contribution >= 4 is 11.6 Å². The zero-order valence-electron chi connectivity index (χ0n) is 15.6. The molecule has 0 amide bonds. The van der Waals surface area contributed by atoms with E-state index in [2.05, 4.69) is 15.5 Å². The Morgan fingerprint density at radius 2 is 1.93 bits per heavy atom. The fraction of sp³-hybridized carbons (Fsp3) is 0.474. The monoisotopic (exact) mass is 395 g/mol. The van der Waals surface area contributed by atoms with Gasteiger partial charge in [-0.05, 0) is 31.0 Å². The fourth-order valence-corrected chi connectivity index (χ4v) is 2.40. The third-order valence-electron chi connectivity index (χ3n) is 3.77. The van der Waals surface area contributed by atoms with Crippen LogP contribution in [0.15, 0.2) is 36.4 Å². The topological polar surface area (TPSA) is 85.7 Å². The lowest BCUT2D eigenvalue weighted by Gasteiger charge is -2.18. The molecule has 7 nitrogen and oxygen atoms in total. The molecular formula is C19H26ClN3O4. The molecule has 0 bridgehead atoms. The largest absolute Gasteiger partial charge is 0.491 e. The van der Waals surface area contributed by atoms with E-state index in [9.17, 15) is 5.11 Å². The molecule has 8 heteroatoms. The molecule has 148 valence electrons. The average Bonchev–Trinajstić information content (AvgIpc) is 2.69. The Labute approximate surface area is 164 Å². The highest BCUT2D eigenvalue weighted by Gasteiger charge is 2.11. The van der Waals surface area contributed by atoms with Crippen molar-refractivity contribution in [3.63, 3.8) is 0 Å². The molecule has 2 N–H and O–H groups in total. The Morgan fingerprint density at radius 1 is 1.11 bits per heavy atom. The zero-order chi connectivity index (χ0) is 19.5. The van der Waals surface area contributed by atoms with E-state index in [4.69, 9.17) is 25.8 Å². The van der Waals surface area contributed by atoms with Crippen molar-refractivity contribution in [1.29, 1.82) is 0 Å². The summed E-state index contributed by atoms with van der Waals surface area (Å²) in [5.41, 5.74) is 1.06. The van der Waals surface area contributed by atoms with Gasteiger partial charge in [-0.3, -0.25) is 0 Å². The zero-order valence-corrected chi connectivity index (χ0v) is 16.4. The van der Waals surface area contributed by atoms with Gasteiger partial charge in [0.1, 0.15) is 25.1 Å². The van der Waals surface area contributed by atoms with Gasteiger partial charge in [-0.1, -0.05) is 29.8 Å². The molecule has 2 atom stereocenters. The number of hydrogen-bond acceptors (Lipinski definition) is 7. The maximum absolute atomic E-state index is 10.2. The fourth-order valence-electron chi connectivity index (χ4n) is 2.30. The van der Waals surface area contributed by atoms with E-state index in [-0.39, 0.29) is 12.6 Å². The van der Waals surface area contributed by atoms with E-state index >= 15 is 0 Å². The molecule has 0 fully saturated rings. The highest BCUT2D eigenvalue weighted by Crippen LogP contribution is 2.18. The molecule has 1 aromatic carbocycles. The lowest BCUT2D eigenvalue weighted by molar-refractivity contribution is 0.101. The van der Waals surface area contributed by atoms with Gasteiger partial charge >= 0.3 is 0 Å². The van der Waals surface area contributed by atoms with Crippen molar-refractivity contribution < 1.29 is 19.3 Å². The van der Waals surface area contributed by atoms with Crippen LogP contribution in [0.2, 0.25) is 5.15 Å². The molecule has 2 rings (SSSR count). The first-order valence-corrected chi connectivity index (χ1v) is 9.19. The van der Waals surface area contributed by atoms with E-state index in [1.54, 1.807) is 19.2 Å². The summed E-state index contributed by atoms with van der Waals surface area (Å²) in [4.78, 5) is 0. The molecule has 0 aliphatic heterocycles. The maximum atomic E-state index is 10.2. The van der Waals surface area contributed by atoms with Gasteiger partial charge in [0.2, 0.25) is 5.88 Å². The third kappa shape index (κ3) is 8.09. The summed E-state index contributed by atoms with van der Waals surface area (Å²) in [7, 11) is 1.67. The van der Waals surface area contributed by atoms with Crippen LogP contribution in [-0.4, -0.2) is 60.9 Å². The maximum Gasteiger partial charge on any atom is 0.233 e. The van der Waals surface area contributed by atoms with Crippen LogP contribution < -0.4 is 14.8 Å². The second kappa shape index (κ2) is 11.7. The first-order chi connectivity index (χ1) is 13.1. The molecule has 0 aliphatic rings. The van der Waals surface area contributed by atoms with Gasteiger partial charge in [-0.25, -0.2) is 0 Å². The average molecular weight is 396 g/mol. The molecule has 0 saturated heterocycles. The van der Waals surface area contributed by atoms with Gasteiger partial charge in [0, 0.05) is 25.8 Å². The SMILES string of the molecule is COCCc1ccccc1OCC(O)CNC(C)COc1ccc(Cl)nn1. The lowest BCUT2D eigenvalue weighted by Crippen LogP contribution is -2.39. The highest BCUT2D eigenvalue weighted by molar-refractivity contribution is 6.29. The van der Waals surface area contributed by atoms with Crippen molar-refractivity contribution in [2.45, 2.75) is 25.5 Å². The summed E-state index contributed by atoms with van der Waals surface area (Å²) >= 11 is 5.68. The molecule has 0 spiro atoms. The van der Waals surface area contributed by atoms with E-state index in [0.717, 1.165) is 17.7 Å². The first-order valence-electron chi connectivity index (χ1n) is 8.81. The second-order valence-corrected chi connectivity index (χ2v) is 6.52.